The quantitative estimate of drug-likeness (QED) is 0.325. The fourth-order valence-electron chi connectivity index (χ4n) is 3.15. The molecule has 0 fully saturated rings. The molecule has 176 valence electrons. The largest absolute Gasteiger partial charge is 0.494 e. The number of esters is 1. The Kier molecular flexibility index (Phi) is 8.48. The van der Waals surface area contributed by atoms with Crippen LogP contribution < -0.4 is 19.0 Å². The molecule has 0 saturated carbocycles. The molecule has 1 aromatic heterocycles. The second-order valence-corrected chi connectivity index (χ2v) is 8.10. The number of carbonyl (C=O) groups excluding carboxylic acids is 2. The van der Waals surface area contributed by atoms with Gasteiger partial charge < -0.3 is 23.5 Å². The van der Waals surface area contributed by atoms with Gasteiger partial charge in [-0.3, -0.25) is 9.59 Å². The molecule has 0 atom stereocenters. The van der Waals surface area contributed by atoms with Crippen molar-refractivity contribution in [3.05, 3.63) is 46.8 Å². The number of carbonyl (C=O) groups is 2. The molecule has 1 heterocycles. The minimum absolute atomic E-state index is 0.0837. The Morgan fingerprint density at radius 2 is 1.73 bits per heavy atom. The summed E-state index contributed by atoms with van der Waals surface area (Å²) in [6, 6.07) is 10.4. The lowest BCUT2D eigenvalue weighted by molar-refractivity contribution is -0.143. The van der Waals surface area contributed by atoms with Crippen molar-refractivity contribution in [2.75, 3.05) is 27.4 Å². The van der Waals surface area contributed by atoms with Crippen LogP contribution in [-0.4, -0.2) is 43.9 Å². The van der Waals surface area contributed by atoms with E-state index in [0.29, 0.717) is 39.7 Å². The van der Waals surface area contributed by atoms with Gasteiger partial charge in [0.15, 0.2) is 16.3 Å². The van der Waals surface area contributed by atoms with Gasteiger partial charge in [0.05, 0.1) is 37.6 Å². The van der Waals surface area contributed by atoms with Crippen molar-refractivity contribution in [1.82, 2.24) is 4.57 Å². The van der Waals surface area contributed by atoms with Crippen molar-refractivity contribution in [3.63, 3.8) is 0 Å². The molecule has 1 amide bonds. The SMILES string of the molecule is CCCCOc1ccc(C(=O)N=c2sc3cc(OC)c(OC)cc3n2CC(=O)OCC)cc1. The molecule has 8 nitrogen and oxygen atoms in total. The Morgan fingerprint density at radius 1 is 1.03 bits per heavy atom. The highest BCUT2D eigenvalue weighted by Gasteiger charge is 2.16. The zero-order valence-corrected chi connectivity index (χ0v) is 20.1. The summed E-state index contributed by atoms with van der Waals surface area (Å²) in [6.07, 6.45) is 2.02. The van der Waals surface area contributed by atoms with E-state index in [0.717, 1.165) is 17.5 Å². The highest BCUT2D eigenvalue weighted by Crippen LogP contribution is 2.33. The van der Waals surface area contributed by atoms with E-state index < -0.39 is 11.9 Å². The number of nitrogens with zero attached hydrogens (tertiary/aromatic N) is 2. The fourth-order valence-corrected chi connectivity index (χ4v) is 4.19. The molecule has 3 rings (SSSR count). The van der Waals surface area contributed by atoms with E-state index in [1.165, 1.54) is 18.4 Å². The van der Waals surface area contributed by atoms with Gasteiger partial charge in [0.1, 0.15) is 12.3 Å². The predicted octanol–water partition coefficient (Wildman–Crippen LogP) is 4.20. The number of ether oxygens (including phenoxy) is 4. The van der Waals surface area contributed by atoms with Crippen LogP contribution in [0.3, 0.4) is 0 Å². The normalized spacial score (nSPS) is 11.5. The smallest absolute Gasteiger partial charge is 0.326 e. The topological polar surface area (TPSA) is 88.4 Å². The lowest BCUT2D eigenvalue weighted by atomic mass is 10.2. The maximum Gasteiger partial charge on any atom is 0.326 e. The van der Waals surface area contributed by atoms with Crippen LogP contribution >= 0.6 is 11.3 Å². The lowest BCUT2D eigenvalue weighted by Gasteiger charge is -2.09. The summed E-state index contributed by atoms with van der Waals surface area (Å²) in [7, 11) is 3.09. The van der Waals surface area contributed by atoms with Gasteiger partial charge in [-0.2, -0.15) is 4.99 Å². The fraction of sp³-hybridized carbons (Fsp3) is 0.375. The third kappa shape index (κ3) is 5.92. The molecule has 0 aliphatic rings. The van der Waals surface area contributed by atoms with Gasteiger partial charge in [-0.25, -0.2) is 0 Å². The summed E-state index contributed by atoms with van der Waals surface area (Å²) in [4.78, 5) is 29.8. The number of thiazole rings is 1. The molecule has 0 spiro atoms. The number of fused-ring (bicyclic) bond motifs is 1. The molecule has 0 bridgehead atoms. The van der Waals surface area contributed by atoms with E-state index in [1.807, 2.05) is 0 Å². The van der Waals surface area contributed by atoms with E-state index >= 15 is 0 Å². The Bertz CT molecular complexity index is 1180. The van der Waals surface area contributed by atoms with Gasteiger partial charge in [-0.1, -0.05) is 24.7 Å². The summed E-state index contributed by atoms with van der Waals surface area (Å²) in [5.74, 6) is 0.925. The van der Waals surface area contributed by atoms with Crippen molar-refractivity contribution in [1.29, 1.82) is 0 Å². The Balaban J connectivity index is 2.00. The van der Waals surface area contributed by atoms with Crippen molar-refractivity contribution in [2.24, 2.45) is 4.99 Å². The lowest BCUT2D eigenvalue weighted by Crippen LogP contribution is -2.23. The average Bonchev–Trinajstić information content (AvgIpc) is 3.14. The van der Waals surface area contributed by atoms with Crippen LogP contribution in [0.5, 0.6) is 17.2 Å². The van der Waals surface area contributed by atoms with Crippen molar-refractivity contribution >= 4 is 33.4 Å². The first-order valence-corrected chi connectivity index (χ1v) is 11.5. The summed E-state index contributed by atoms with van der Waals surface area (Å²) in [5, 5.41) is 0. The third-order valence-corrected chi connectivity index (χ3v) is 5.89. The third-order valence-electron chi connectivity index (χ3n) is 4.85. The predicted molar refractivity (Wildman–Crippen MR) is 126 cm³/mol. The van der Waals surface area contributed by atoms with Crippen LogP contribution in [0.4, 0.5) is 0 Å². The maximum absolute atomic E-state index is 12.9. The van der Waals surface area contributed by atoms with Crippen LogP contribution in [0.2, 0.25) is 0 Å². The Labute approximate surface area is 196 Å². The first-order valence-electron chi connectivity index (χ1n) is 10.7. The van der Waals surface area contributed by atoms with Gasteiger partial charge in [-0.05, 0) is 37.6 Å². The molecule has 0 N–H and O–H groups in total. The van der Waals surface area contributed by atoms with Crippen LogP contribution in [0.25, 0.3) is 10.2 Å². The van der Waals surface area contributed by atoms with Crippen molar-refractivity contribution in [2.45, 2.75) is 33.2 Å². The zero-order chi connectivity index (χ0) is 23.8. The summed E-state index contributed by atoms with van der Waals surface area (Å²) in [5.41, 5.74) is 1.12. The van der Waals surface area contributed by atoms with E-state index in [2.05, 4.69) is 11.9 Å². The molecule has 9 heteroatoms. The number of amides is 1. The van der Waals surface area contributed by atoms with Gasteiger partial charge >= 0.3 is 5.97 Å². The maximum atomic E-state index is 12.9. The molecular formula is C24H28N2O6S. The van der Waals surface area contributed by atoms with E-state index in [4.69, 9.17) is 18.9 Å². The number of unbranched alkanes of at least 4 members (excludes halogenated alkanes) is 1. The van der Waals surface area contributed by atoms with Gasteiger partial charge in [0.2, 0.25) is 0 Å². The van der Waals surface area contributed by atoms with Crippen molar-refractivity contribution in [3.8, 4) is 17.2 Å². The molecule has 3 aromatic rings. The molecule has 2 aromatic carbocycles. The van der Waals surface area contributed by atoms with Crippen LogP contribution in [0, 0.1) is 0 Å². The standard InChI is InChI=1S/C24H28N2O6S/c1-5-7-12-32-17-10-8-16(9-11-17)23(28)25-24-26(15-22(27)31-6-2)18-13-19(29-3)20(30-4)14-21(18)33-24/h8-11,13-14H,5-7,12,15H2,1-4H3. The highest BCUT2D eigenvalue weighted by atomic mass is 32.1. The molecule has 0 unspecified atom stereocenters. The van der Waals surface area contributed by atoms with Crippen LogP contribution in [0.15, 0.2) is 41.4 Å². The summed E-state index contributed by atoms with van der Waals surface area (Å²) in [6.45, 7) is 4.65. The second-order valence-electron chi connectivity index (χ2n) is 7.09. The molecule has 0 aliphatic carbocycles. The summed E-state index contributed by atoms with van der Waals surface area (Å²) < 4.78 is 24.0. The second kappa shape index (κ2) is 11.5. The minimum atomic E-state index is -0.422. The molecule has 0 saturated heterocycles. The Hall–Kier alpha value is -3.33. The molecule has 0 aliphatic heterocycles. The molecule has 0 radical (unpaired) electrons. The first-order chi connectivity index (χ1) is 16.0. The van der Waals surface area contributed by atoms with E-state index in [-0.39, 0.29) is 13.2 Å². The molecule has 33 heavy (non-hydrogen) atoms. The number of methoxy groups -OCH3 is 2. The number of aromatic nitrogens is 1. The van der Waals surface area contributed by atoms with E-state index in [1.54, 1.807) is 55.0 Å². The van der Waals surface area contributed by atoms with E-state index in [9.17, 15) is 9.59 Å². The minimum Gasteiger partial charge on any atom is -0.494 e. The average molecular weight is 473 g/mol. The van der Waals surface area contributed by atoms with Gasteiger partial charge in [0.25, 0.3) is 5.91 Å². The van der Waals surface area contributed by atoms with Gasteiger partial charge in [-0.15, -0.1) is 0 Å². The number of hydrogen-bond donors (Lipinski definition) is 0. The zero-order valence-electron chi connectivity index (χ0n) is 19.3. The van der Waals surface area contributed by atoms with Gasteiger partial charge in [0, 0.05) is 17.7 Å². The molecular weight excluding hydrogens is 444 g/mol. The Morgan fingerprint density at radius 3 is 2.36 bits per heavy atom. The number of rotatable bonds is 10. The van der Waals surface area contributed by atoms with Crippen LogP contribution in [-0.2, 0) is 16.1 Å². The summed E-state index contributed by atoms with van der Waals surface area (Å²) >= 11 is 1.28. The van der Waals surface area contributed by atoms with Crippen molar-refractivity contribution < 1.29 is 28.5 Å². The van der Waals surface area contributed by atoms with Crippen LogP contribution in [0.1, 0.15) is 37.0 Å². The first kappa shape index (κ1) is 24.3. The number of hydrogen-bond acceptors (Lipinski definition) is 7. The highest BCUT2D eigenvalue weighted by molar-refractivity contribution is 7.16. The number of benzene rings is 2. The monoisotopic (exact) mass is 472 g/mol.